The number of hydrogen-bond donors (Lipinski definition) is 1. The zero-order valence-corrected chi connectivity index (χ0v) is 13.1. The molecular formula is C16H24O3S. The van der Waals surface area contributed by atoms with E-state index in [1.807, 2.05) is 31.2 Å². The Kier molecular flexibility index (Phi) is 4.55. The molecule has 0 aromatic heterocycles. The molecule has 0 radical (unpaired) electrons. The van der Waals surface area contributed by atoms with E-state index in [0.717, 1.165) is 30.4 Å². The smallest absolute Gasteiger partial charge is 0.159 e. The van der Waals surface area contributed by atoms with Gasteiger partial charge in [-0.2, -0.15) is 0 Å². The number of hydrogen-bond acceptors (Lipinski definition) is 3. The van der Waals surface area contributed by atoms with E-state index in [4.69, 9.17) is 0 Å². The summed E-state index contributed by atoms with van der Waals surface area (Å²) in [5.74, 6) is -0.116. The fourth-order valence-electron chi connectivity index (χ4n) is 2.98. The van der Waals surface area contributed by atoms with Crippen molar-refractivity contribution in [1.29, 1.82) is 0 Å². The molecule has 1 aliphatic rings. The van der Waals surface area contributed by atoms with E-state index in [2.05, 4.69) is 0 Å². The fraction of sp³-hybridized carbons (Fsp3) is 0.625. The SMILES string of the molecule is Cc1cccc([C@@H](C)S(=O)(=O)CC2(O)CCCCC2)c1. The van der Waals surface area contributed by atoms with Gasteiger partial charge in [-0.15, -0.1) is 0 Å². The van der Waals surface area contributed by atoms with Gasteiger partial charge in [-0.1, -0.05) is 49.1 Å². The third kappa shape index (κ3) is 3.61. The van der Waals surface area contributed by atoms with Crippen molar-refractivity contribution in [3.63, 3.8) is 0 Å². The van der Waals surface area contributed by atoms with Crippen molar-refractivity contribution < 1.29 is 13.5 Å². The predicted molar refractivity (Wildman–Crippen MR) is 81.4 cm³/mol. The molecule has 1 atom stereocenters. The molecule has 1 aromatic carbocycles. The number of aryl methyl sites for hydroxylation is 1. The Morgan fingerprint density at radius 2 is 1.90 bits per heavy atom. The lowest BCUT2D eigenvalue weighted by Crippen LogP contribution is -2.40. The molecule has 1 aliphatic carbocycles. The van der Waals surface area contributed by atoms with Gasteiger partial charge in [0.05, 0.1) is 16.6 Å². The van der Waals surface area contributed by atoms with Crippen LogP contribution in [0.3, 0.4) is 0 Å². The van der Waals surface area contributed by atoms with E-state index in [9.17, 15) is 13.5 Å². The molecule has 3 nitrogen and oxygen atoms in total. The highest BCUT2D eigenvalue weighted by Crippen LogP contribution is 2.33. The molecule has 20 heavy (non-hydrogen) atoms. The minimum Gasteiger partial charge on any atom is -0.389 e. The van der Waals surface area contributed by atoms with Gasteiger partial charge >= 0.3 is 0 Å². The average Bonchev–Trinajstić information content (AvgIpc) is 2.37. The van der Waals surface area contributed by atoms with Crippen molar-refractivity contribution in [2.24, 2.45) is 0 Å². The maximum atomic E-state index is 12.6. The second-order valence-corrected chi connectivity index (χ2v) is 8.47. The first-order chi connectivity index (χ1) is 9.32. The van der Waals surface area contributed by atoms with Crippen molar-refractivity contribution in [1.82, 2.24) is 0 Å². The minimum absolute atomic E-state index is 0.116. The molecule has 2 rings (SSSR count). The highest BCUT2D eigenvalue weighted by molar-refractivity contribution is 7.91. The van der Waals surface area contributed by atoms with Gasteiger partial charge < -0.3 is 5.11 Å². The summed E-state index contributed by atoms with van der Waals surface area (Å²) in [4.78, 5) is 0. The predicted octanol–water partition coefficient (Wildman–Crippen LogP) is 3.17. The van der Waals surface area contributed by atoms with Crippen molar-refractivity contribution in [2.75, 3.05) is 5.75 Å². The summed E-state index contributed by atoms with van der Waals surface area (Å²) in [7, 11) is -3.34. The van der Waals surface area contributed by atoms with Crippen LogP contribution >= 0.6 is 0 Å². The number of aliphatic hydroxyl groups is 1. The van der Waals surface area contributed by atoms with Gasteiger partial charge in [-0.25, -0.2) is 8.42 Å². The maximum absolute atomic E-state index is 12.6. The van der Waals surface area contributed by atoms with Crippen LogP contribution in [-0.4, -0.2) is 24.9 Å². The van der Waals surface area contributed by atoms with Crippen molar-refractivity contribution in [2.45, 2.75) is 56.8 Å². The monoisotopic (exact) mass is 296 g/mol. The van der Waals surface area contributed by atoms with Crippen LogP contribution in [0, 0.1) is 6.92 Å². The molecule has 0 aliphatic heterocycles. The summed E-state index contributed by atoms with van der Waals surface area (Å²) in [6, 6.07) is 7.59. The standard InChI is InChI=1S/C16H24O3S/c1-13-7-6-8-15(11-13)14(2)20(18,19)12-16(17)9-4-3-5-10-16/h6-8,11,14,17H,3-5,9-10,12H2,1-2H3/t14-/m1/s1. The van der Waals surface area contributed by atoms with E-state index in [0.29, 0.717) is 12.8 Å². The summed E-state index contributed by atoms with van der Waals surface area (Å²) < 4.78 is 25.1. The third-order valence-electron chi connectivity index (χ3n) is 4.30. The van der Waals surface area contributed by atoms with Gasteiger partial charge in [0.15, 0.2) is 9.84 Å². The summed E-state index contributed by atoms with van der Waals surface area (Å²) in [6.45, 7) is 3.67. The highest BCUT2D eigenvalue weighted by atomic mass is 32.2. The Balaban J connectivity index is 2.17. The van der Waals surface area contributed by atoms with E-state index < -0.39 is 20.7 Å². The van der Waals surface area contributed by atoms with Gasteiger partial charge in [-0.3, -0.25) is 0 Å². The van der Waals surface area contributed by atoms with Crippen molar-refractivity contribution in [3.8, 4) is 0 Å². The topological polar surface area (TPSA) is 54.4 Å². The van der Waals surface area contributed by atoms with Gasteiger partial charge in [0.2, 0.25) is 0 Å². The van der Waals surface area contributed by atoms with E-state index >= 15 is 0 Å². The summed E-state index contributed by atoms with van der Waals surface area (Å²) in [5, 5.41) is 9.92. The molecule has 1 fully saturated rings. The fourth-order valence-corrected chi connectivity index (χ4v) is 4.83. The Morgan fingerprint density at radius 1 is 1.25 bits per heavy atom. The van der Waals surface area contributed by atoms with E-state index in [1.165, 1.54) is 0 Å². The van der Waals surface area contributed by atoms with Crippen molar-refractivity contribution in [3.05, 3.63) is 35.4 Å². The second kappa shape index (κ2) is 5.86. The van der Waals surface area contributed by atoms with Crippen LogP contribution in [-0.2, 0) is 9.84 Å². The lowest BCUT2D eigenvalue weighted by atomic mass is 9.86. The molecule has 0 heterocycles. The van der Waals surface area contributed by atoms with Gasteiger partial charge in [-0.05, 0) is 32.3 Å². The van der Waals surface area contributed by atoms with E-state index in [-0.39, 0.29) is 5.75 Å². The molecule has 112 valence electrons. The van der Waals surface area contributed by atoms with Crippen LogP contribution in [0.2, 0.25) is 0 Å². The zero-order chi connectivity index (χ0) is 14.8. The molecule has 0 amide bonds. The first kappa shape index (κ1) is 15.5. The Morgan fingerprint density at radius 3 is 2.50 bits per heavy atom. The summed E-state index contributed by atoms with van der Waals surface area (Å²) in [6.07, 6.45) is 4.14. The minimum atomic E-state index is -3.34. The molecular weight excluding hydrogens is 272 g/mol. The summed E-state index contributed by atoms with van der Waals surface area (Å²) >= 11 is 0. The molecule has 0 saturated heterocycles. The normalized spacial score (nSPS) is 20.6. The Hall–Kier alpha value is -0.870. The highest BCUT2D eigenvalue weighted by Gasteiger charge is 2.37. The van der Waals surface area contributed by atoms with Gasteiger partial charge in [0, 0.05) is 0 Å². The zero-order valence-electron chi connectivity index (χ0n) is 12.3. The number of benzene rings is 1. The molecule has 0 unspecified atom stereocenters. The molecule has 1 aromatic rings. The largest absolute Gasteiger partial charge is 0.389 e. The van der Waals surface area contributed by atoms with Crippen molar-refractivity contribution >= 4 is 9.84 Å². The molecule has 0 spiro atoms. The second-order valence-electron chi connectivity index (χ2n) is 6.15. The van der Waals surface area contributed by atoms with Crippen LogP contribution in [0.25, 0.3) is 0 Å². The summed E-state index contributed by atoms with van der Waals surface area (Å²) in [5.41, 5.74) is 0.847. The van der Waals surface area contributed by atoms with Crippen LogP contribution in [0.15, 0.2) is 24.3 Å². The van der Waals surface area contributed by atoms with Crippen LogP contribution < -0.4 is 0 Å². The first-order valence-corrected chi connectivity index (χ1v) is 9.04. The Bertz CT molecular complexity index is 557. The maximum Gasteiger partial charge on any atom is 0.159 e. The van der Waals surface area contributed by atoms with E-state index in [1.54, 1.807) is 6.92 Å². The van der Waals surface area contributed by atoms with Gasteiger partial charge in [0.1, 0.15) is 0 Å². The molecule has 4 heteroatoms. The quantitative estimate of drug-likeness (QED) is 0.928. The van der Waals surface area contributed by atoms with Gasteiger partial charge in [0.25, 0.3) is 0 Å². The number of sulfone groups is 1. The first-order valence-electron chi connectivity index (χ1n) is 7.33. The number of rotatable bonds is 4. The lowest BCUT2D eigenvalue weighted by molar-refractivity contribution is 0.0256. The molecule has 1 N–H and O–H groups in total. The Labute approximate surface area is 121 Å². The third-order valence-corrected chi connectivity index (χ3v) is 6.59. The van der Waals surface area contributed by atoms with Crippen LogP contribution in [0.4, 0.5) is 0 Å². The molecule has 1 saturated carbocycles. The lowest BCUT2D eigenvalue weighted by Gasteiger charge is -2.32. The average molecular weight is 296 g/mol. The molecule has 0 bridgehead atoms. The van der Waals surface area contributed by atoms with Crippen LogP contribution in [0.5, 0.6) is 0 Å². The van der Waals surface area contributed by atoms with Crippen LogP contribution in [0.1, 0.15) is 55.4 Å².